The number of carbonyl (C=O) groups excluding carboxylic acids is 1. The molecule has 2 nitrogen and oxygen atoms in total. The minimum absolute atomic E-state index is 0.0702. The molecule has 0 aliphatic heterocycles. The number of hydrogen-bond donors (Lipinski definition) is 0. The van der Waals surface area contributed by atoms with Crippen molar-refractivity contribution in [3.63, 3.8) is 0 Å². The summed E-state index contributed by atoms with van der Waals surface area (Å²) in [5.41, 5.74) is 1.11. The van der Waals surface area contributed by atoms with Gasteiger partial charge >= 0.3 is 0 Å². The molecule has 0 N–H and O–H groups in total. The SMILES string of the molecule is CCOc1ccc(-c2cccc(F)c2C=O)c(C)c1F. The Bertz CT molecular complexity index is 651. The van der Waals surface area contributed by atoms with Crippen LogP contribution in [-0.2, 0) is 0 Å². The van der Waals surface area contributed by atoms with Crippen molar-refractivity contribution in [3.05, 3.63) is 53.1 Å². The van der Waals surface area contributed by atoms with Crippen molar-refractivity contribution in [1.29, 1.82) is 0 Å². The molecule has 2 aromatic carbocycles. The fraction of sp³-hybridized carbons (Fsp3) is 0.188. The van der Waals surface area contributed by atoms with Crippen LogP contribution in [0.2, 0.25) is 0 Å². The lowest BCUT2D eigenvalue weighted by Crippen LogP contribution is -1.99. The average molecular weight is 276 g/mol. The van der Waals surface area contributed by atoms with E-state index >= 15 is 0 Å². The van der Waals surface area contributed by atoms with Gasteiger partial charge in [-0.25, -0.2) is 8.78 Å². The molecular formula is C16H14F2O2. The summed E-state index contributed by atoms with van der Waals surface area (Å²) in [6.07, 6.45) is 0.443. The third kappa shape index (κ3) is 2.41. The van der Waals surface area contributed by atoms with Crippen molar-refractivity contribution in [2.24, 2.45) is 0 Å². The van der Waals surface area contributed by atoms with Gasteiger partial charge in [0.25, 0.3) is 0 Å². The van der Waals surface area contributed by atoms with Crippen LogP contribution in [0.15, 0.2) is 30.3 Å². The summed E-state index contributed by atoms with van der Waals surface area (Å²) in [7, 11) is 0. The molecule has 2 rings (SSSR count). The summed E-state index contributed by atoms with van der Waals surface area (Å²) in [5, 5.41) is 0. The van der Waals surface area contributed by atoms with Crippen LogP contribution in [0.4, 0.5) is 8.78 Å². The minimum atomic E-state index is -0.619. The van der Waals surface area contributed by atoms with Crippen molar-refractivity contribution in [3.8, 4) is 16.9 Å². The first-order valence-electron chi connectivity index (χ1n) is 6.26. The molecule has 4 heteroatoms. The first kappa shape index (κ1) is 14.2. The Labute approximate surface area is 116 Å². The highest BCUT2D eigenvalue weighted by molar-refractivity contribution is 5.88. The molecule has 2 aromatic rings. The molecule has 0 spiro atoms. The normalized spacial score (nSPS) is 10.4. The number of benzene rings is 2. The van der Waals surface area contributed by atoms with Gasteiger partial charge in [0.2, 0.25) is 0 Å². The van der Waals surface area contributed by atoms with Crippen LogP contribution < -0.4 is 4.74 Å². The molecule has 0 bridgehead atoms. The fourth-order valence-corrected chi connectivity index (χ4v) is 2.11. The second-order valence-electron chi connectivity index (χ2n) is 4.30. The number of ether oxygens (including phenoxy) is 1. The Balaban J connectivity index is 2.63. The van der Waals surface area contributed by atoms with Gasteiger partial charge in [-0.15, -0.1) is 0 Å². The van der Waals surface area contributed by atoms with E-state index in [1.165, 1.54) is 18.2 Å². The molecule has 0 aromatic heterocycles. The predicted molar refractivity (Wildman–Crippen MR) is 73.1 cm³/mol. The molecule has 0 atom stereocenters. The van der Waals surface area contributed by atoms with E-state index in [0.717, 1.165) is 0 Å². The molecule has 0 aliphatic carbocycles. The van der Waals surface area contributed by atoms with E-state index in [1.807, 2.05) is 0 Å². The summed E-state index contributed by atoms with van der Waals surface area (Å²) in [6, 6.07) is 7.40. The van der Waals surface area contributed by atoms with Crippen LogP contribution in [0.3, 0.4) is 0 Å². The van der Waals surface area contributed by atoms with Crippen LogP contribution in [0.1, 0.15) is 22.8 Å². The molecule has 0 aliphatic rings. The maximum absolute atomic E-state index is 14.2. The number of halogens is 2. The maximum atomic E-state index is 14.2. The van der Waals surface area contributed by atoms with Gasteiger partial charge in [0, 0.05) is 0 Å². The Morgan fingerprint density at radius 1 is 1.15 bits per heavy atom. The molecule has 0 saturated carbocycles. The third-order valence-corrected chi connectivity index (χ3v) is 3.11. The van der Waals surface area contributed by atoms with E-state index in [4.69, 9.17) is 4.74 Å². The fourth-order valence-electron chi connectivity index (χ4n) is 2.11. The van der Waals surface area contributed by atoms with E-state index in [1.54, 1.807) is 26.0 Å². The quantitative estimate of drug-likeness (QED) is 0.784. The summed E-state index contributed by atoms with van der Waals surface area (Å²) < 4.78 is 33.0. The molecule has 20 heavy (non-hydrogen) atoms. The summed E-state index contributed by atoms with van der Waals surface area (Å²) in [5.74, 6) is -0.963. The zero-order valence-electron chi connectivity index (χ0n) is 11.2. The van der Waals surface area contributed by atoms with Crippen LogP contribution in [0, 0.1) is 18.6 Å². The molecule has 0 heterocycles. The Morgan fingerprint density at radius 3 is 2.55 bits per heavy atom. The smallest absolute Gasteiger partial charge is 0.168 e. The van der Waals surface area contributed by atoms with Crippen molar-refractivity contribution in [2.75, 3.05) is 6.61 Å². The van der Waals surface area contributed by atoms with Crippen molar-refractivity contribution >= 4 is 6.29 Å². The molecular weight excluding hydrogens is 262 g/mol. The number of hydrogen-bond acceptors (Lipinski definition) is 2. The van der Waals surface area contributed by atoms with E-state index in [2.05, 4.69) is 0 Å². The van der Waals surface area contributed by atoms with Crippen molar-refractivity contribution in [1.82, 2.24) is 0 Å². The highest BCUT2D eigenvalue weighted by Gasteiger charge is 2.16. The van der Waals surface area contributed by atoms with Crippen LogP contribution >= 0.6 is 0 Å². The van der Waals surface area contributed by atoms with Crippen LogP contribution in [-0.4, -0.2) is 12.9 Å². The molecule has 0 radical (unpaired) electrons. The predicted octanol–water partition coefficient (Wildman–Crippen LogP) is 4.15. The van der Waals surface area contributed by atoms with Gasteiger partial charge in [-0.3, -0.25) is 4.79 Å². The molecule has 0 fully saturated rings. The lowest BCUT2D eigenvalue weighted by atomic mass is 9.95. The Hall–Kier alpha value is -2.23. The van der Waals surface area contributed by atoms with Gasteiger partial charge in [0.05, 0.1) is 12.2 Å². The highest BCUT2D eigenvalue weighted by atomic mass is 19.1. The van der Waals surface area contributed by atoms with E-state index in [-0.39, 0.29) is 11.3 Å². The summed E-state index contributed by atoms with van der Waals surface area (Å²) >= 11 is 0. The second kappa shape index (κ2) is 5.82. The minimum Gasteiger partial charge on any atom is -0.491 e. The van der Waals surface area contributed by atoms with Crippen molar-refractivity contribution < 1.29 is 18.3 Å². The van der Waals surface area contributed by atoms with Gasteiger partial charge in [-0.1, -0.05) is 18.2 Å². The molecule has 0 amide bonds. The summed E-state index contributed by atoms with van der Waals surface area (Å²) in [6.45, 7) is 3.70. The number of carbonyl (C=O) groups is 1. The monoisotopic (exact) mass is 276 g/mol. The Kier molecular flexibility index (Phi) is 4.13. The zero-order valence-corrected chi connectivity index (χ0v) is 11.2. The first-order chi connectivity index (χ1) is 9.60. The number of rotatable bonds is 4. The first-order valence-corrected chi connectivity index (χ1v) is 6.26. The van der Waals surface area contributed by atoms with E-state index in [0.29, 0.717) is 29.6 Å². The van der Waals surface area contributed by atoms with Crippen LogP contribution in [0.5, 0.6) is 5.75 Å². The summed E-state index contributed by atoms with van der Waals surface area (Å²) in [4.78, 5) is 11.0. The van der Waals surface area contributed by atoms with E-state index in [9.17, 15) is 13.6 Å². The largest absolute Gasteiger partial charge is 0.491 e. The van der Waals surface area contributed by atoms with Gasteiger partial charge in [0.1, 0.15) is 5.82 Å². The highest BCUT2D eigenvalue weighted by Crippen LogP contribution is 2.32. The van der Waals surface area contributed by atoms with Gasteiger partial charge in [-0.2, -0.15) is 0 Å². The van der Waals surface area contributed by atoms with E-state index < -0.39 is 11.6 Å². The maximum Gasteiger partial charge on any atom is 0.168 e. The number of aldehydes is 1. The van der Waals surface area contributed by atoms with Crippen LogP contribution in [0.25, 0.3) is 11.1 Å². The lowest BCUT2D eigenvalue weighted by molar-refractivity contribution is 0.112. The average Bonchev–Trinajstić information content (AvgIpc) is 2.44. The second-order valence-corrected chi connectivity index (χ2v) is 4.30. The third-order valence-electron chi connectivity index (χ3n) is 3.11. The molecule has 104 valence electrons. The Morgan fingerprint density at radius 2 is 1.90 bits per heavy atom. The molecule has 0 saturated heterocycles. The standard InChI is InChI=1S/C16H14F2O2/c1-3-20-15-8-7-11(10(2)16(15)18)12-5-4-6-14(17)13(12)9-19/h4-9H,3H2,1-2H3. The zero-order chi connectivity index (χ0) is 14.7. The van der Waals surface area contributed by atoms with Gasteiger partial charge in [0.15, 0.2) is 17.9 Å². The topological polar surface area (TPSA) is 26.3 Å². The van der Waals surface area contributed by atoms with Gasteiger partial charge in [-0.05, 0) is 42.7 Å². The molecule has 0 unspecified atom stereocenters. The lowest BCUT2D eigenvalue weighted by Gasteiger charge is -2.13. The van der Waals surface area contributed by atoms with Crippen molar-refractivity contribution in [2.45, 2.75) is 13.8 Å². The van der Waals surface area contributed by atoms with Gasteiger partial charge < -0.3 is 4.74 Å².